The van der Waals surface area contributed by atoms with Gasteiger partial charge in [-0.05, 0) is 36.1 Å². The lowest BCUT2D eigenvalue weighted by atomic mass is 9.73. The second-order valence-corrected chi connectivity index (χ2v) is 8.86. The van der Waals surface area contributed by atoms with Gasteiger partial charge in [0.05, 0.1) is 28.7 Å². The number of halogens is 3. The van der Waals surface area contributed by atoms with E-state index in [-0.39, 0.29) is 18.4 Å². The zero-order valence-corrected chi connectivity index (χ0v) is 16.8. The molecule has 1 aromatic carbocycles. The van der Waals surface area contributed by atoms with E-state index < -0.39 is 22.7 Å². The molecule has 0 spiro atoms. The molecule has 9 heteroatoms. The zero-order valence-electron chi connectivity index (χ0n) is 16.0. The van der Waals surface area contributed by atoms with Crippen LogP contribution in [0.25, 0.3) is 0 Å². The minimum Gasteiger partial charge on any atom is -0.396 e. The average molecular weight is 435 g/mol. The van der Waals surface area contributed by atoms with E-state index >= 15 is 0 Å². The van der Waals surface area contributed by atoms with Crippen molar-refractivity contribution in [2.75, 3.05) is 37.7 Å². The van der Waals surface area contributed by atoms with E-state index in [1.807, 2.05) is 16.3 Å². The summed E-state index contributed by atoms with van der Waals surface area (Å²) in [5, 5.41) is 21.0. The summed E-state index contributed by atoms with van der Waals surface area (Å²) in [5.41, 5.74) is -1.39. The quantitative estimate of drug-likeness (QED) is 0.800. The number of amides is 1. The molecule has 3 heterocycles. The van der Waals surface area contributed by atoms with Crippen molar-refractivity contribution in [1.82, 2.24) is 4.90 Å². The molecule has 2 unspecified atom stereocenters. The molecular weight excluding hydrogens is 415 g/mol. The maximum Gasteiger partial charge on any atom is 0.417 e. The first-order valence-corrected chi connectivity index (χ1v) is 10.5. The summed E-state index contributed by atoms with van der Waals surface area (Å²) in [6.07, 6.45) is -4.03. The minimum absolute atomic E-state index is 0.0508. The van der Waals surface area contributed by atoms with E-state index in [1.54, 1.807) is 17.0 Å². The number of likely N-dealkylation sites (tertiary alicyclic amines) is 1. The normalized spacial score (nSPS) is 23.9. The van der Waals surface area contributed by atoms with Crippen LogP contribution in [-0.2, 0) is 6.18 Å². The fourth-order valence-electron chi connectivity index (χ4n) is 4.55. The Hall–Kier alpha value is -2.57. The smallest absolute Gasteiger partial charge is 0.396 e. The standard InChI is InChI=1S/C21H20F3N3O2S/c22-21(23,24)17-8-16(4-3-14(17)9-25)26-6-5-20(13-28)12-27(11-15(20)10-26)19(29)18-2-1-7-30-18/h1-4,7-8,15,28H,5-6,10-13H2. The maximum absolute atomic E-state index is 13.3. The molecule has 0 aliphatic carbocycles. The number of hydrogen-bond donors (Lipinski definition) is 1. The fourth-order valence-corrected chi connectivity index (χ4v) is 5.24. The average Bonchev–Trinajstić information content (AvgIpc) is 3.40. The molecule has 1 N–H and O–H groups in total. The van der Waals surface area contributed by atoms with Gasteiger partial charge in [0, 0.05) is 43.2 Å². The third-order valence-corrected chi connectivity index (χ3v) is 7.12. The molecule has 2 fully saturated rings. The van der Waals surface area contributed by atoms with E-state index in [1.165, 1.54) is 23.5 Å². The lowest BCUT2D eigenvalue weighted by Crippen LogP contribution is -2.49. The third-order valence-electron chi connectivity index (χ3n) is 6.26. The molecule has 2 aliphatic rings. The van der Waals surface area contributed by atoms with Crippen molar-refractivity contribution >= 4 is 22.9 Å². The van der Waals surface area contributed by atoms with Crippen LogP contribution >= 0.6 is 11.3 Å². The summed E-state index contributed by atoms with van der Waals surface area (Å²) in [7, 11) is 0. The van der Waals surface area contributed by atoms with Crippen LogP contribution in [0.15, 0.2) is 35.7 Å². The first-order chi connectivity index (χ1) is 14.3. The van der Waals surface area contributed by atoms with Crippen LogP contribution in [0, 0.1) is 22.7 Å². The predicted octanol–water partition coefficient (Wildman–Crippen LogP) is 3.60. The highest BCUT2D eigenvalue weighted by Crippen LogP contribution is 2.44. The summed E-state index contributed by atoms with van der Waals surface area (Å²) in [6, 6.07) is 8.94. The molecule has 5 nitrogen and oxygen atoms in total. The fraction of sp³-hybridized carbons (Fsp3) is 0.429. The number of aliphatic hydroxyl groups is 1. The summed E-state index contributed by atoms with van der Waals surface area (Å²) >= 11 is 1.37. The number of nitrogens with zero attached hydrogens (tertiary/aromatic N) is 3. The van der Waals surface area contributed by atoms with E-state index in [2.05, 4.69) is 0 Å². The lowest BCUT2D eigenvalue weighted by Gasteiger charge is -2.43. The molecular formula is C21H20F3N3O2S. The van der Waals surface area contributed by atoms with Crippen molar-refractivity contribution in [3.05, 3.63) is 51.7 Å². The molecule has 0 bridgehead atoms. The third kappa shape index (κ3) is 3.55. The van der Waals surface area contributed by atoms with E-state index in [0.29, 0.717) is 43.2 Å². The Morgan fingerprint density at radius 3 is 2.77 bits per heavy atom. The highest BCUT2D eigenvalue weighted by Gasteiger charge is 2.50. The topological polar surface area (TPSA) is 67.6 Å². The second kappa shape index (κ2) is 7.60. The number of nitriles is 1. The van der Waals surface area contributed by atoms with Crippen LogP contribution < -0.4 is 4.90 Å². The Balaban J connectivity index is 1.57. The number of rotatable bonds is 3. The second-order valence-electron chi connectivity index (χ2n) is 7.92. The molecule has 0 radical (unpaired) electrons. The van der Waals surface area contributed by atoms with E-state index in [9.17, 15) is 23.1 Å². The van der Waals surface area contributed by atoms with Crippen LogP contribution in [0.1, 0.15) is 27.2 Å². The van der Waals surface area contributed by atoms with Crippen LogP contribution in [0.5, 0.6) is 0 Å². The van der Waals surface area contributed by atoms with Gasteiger partial charge in [-0.1, -0.05) is 6.07 Å². The molecule has 2 aliphatic heterocycles. The number of carbonyl (C=O) groups is 1. The van der Waals surface area contributed by atoms with Crippen molar-refractivity contribution in [2.45, 2.75) is 12.6 Å². The zero-order chi connectivity index (χ0) is 21.5. The number of carbonyl (C=O) groups excluding carboxylic acids is 1. The first kappa shape index (κ1) is 20.7. The van der Waals surface area contributed by atoms with Gasteiger partial charge in [-0.15, -0.1) is 11.3 Å². The number of anilines is 1. The van der Waals surface area contributed by atoms with Gasteiger partial charge in [0.15, 0.2) is 0 Å². The van der Waals surface area contributed by atoms with Gasteiger partial charge in [-0.25, -0.2) is 0 Å². The van der Waals surface area contributed by atoms with Crippen LogP contribution in [-0.4, -0.2) is 48.7 Å². The summed E-state index contributed by atoms with van der Waals surface area (Å²) < 4.78 is 40.0. The number of aliphatic hydroxyl groups excluding tert-OH is 1. The lowest BCUT2D eigenvalue weighted by molar-refractivity contribution is -0.137. The Kier molecular flexibility index (Phi) is 5.24. The SMILES string of the molecule is N#Cc1ccc(N2CCC3(CO)CN(C(=O)c4cccs4)CC3C2)cc1C(F)(F)F. The van der Waals surface area contributed by atoms with Gasteiger partial charge in [0.25, 0.3) is 5.91 Å². The van der Waals surface area contributed by atoms with Crippen molar-refractivity contribution in [3.63, 3.8) is 0 Å². The summed E-state index contributed by atoms with van der Waals surface area (Å²) in [4.78, 5) is 17.0. The number of alkyl halides is 3. The highest BCUT2D eigenvalue weighted by atomic mass is 32.1. The Labute approximate surface area is 175 Å². The van der Waals surface area contributed by atoms with Crippen molar-refractivity contribution < 1.29 is 23.1 Å². The number of piperidine rings is 1. The number of benzene rings is 1. The predicted molar refractivity (Wildman–Crippen MR) is 106 cm³/mol. The monoisotopic (exact) mass is 435 g/mol. The van der Waals surface area contributed by atoms with Crippen molar-refractivity contribution in [3.8, 4) is 6.07 Å². The minimum atomic E-state index is -4.61. The number of thiophene rings is 1. The largest absolute Gasteiger partial charge is 0.417 e. The molecule has 158 valence electrons. The van der Waals surface area contributed by atoms with E-state index in [0.717, 1.165) is 6.07 Å². The van der Waals surface area contributed by atoms with Crippen molar-refractivity contribution in [2.24, 2.45) is 11.3 Å². The first-order valence-electron chi connectivity index (χ1n) is 9.57. The Bertz CT molecular complexity index is 986. The van der Waals surface area contributed by atoms with Gasteiger partial charge in [-0.3, -0.25) is 4.79 Å². The molecule has 4 rings (SSSR count). The molecule has 30 heavy (non-hydrogen) atoms. The van der Waals surface area contributed by atoms with Gasteiger partial charge in [-0.2, -0.15) is 18.4 Å². The van der Waals surface area contributed by atoms with Crippen LogP contribution in [0.2, 0.25) is 0 Å². The number of fused-ring (bicyclic) bond motifs is 1. The molecule has 2 aromatic rings. The van der Waals surface area contributed by atoms with Crippen LogP contribution in [0.4, 0.5) is 18.9 Å². The Morgan fingerprint density at radius 1 is 1.33 bits per heavy atom. The summed E-state index contributed by atoms with van der Waals surface area (Å²) in [6.45, 7) is 1.75. The Morgan fingerprint density at radius 2 is 2.13 bits per heavy atom. The number of hydrogen-bond acceptors (Lipinski definition) is 5. The maximum atomic E-state index is 13.3. The van der Waals surface area contributed by atoms with Gasteiger partial charge in [0.1, 0.15) is 0 Å². The summed E-state index contributed by atoms with van der Waals surface area (Å²) in [5.74, 6) is -0.123. The van der Waals surface area contributed by atoms with Gasteiger partial charge >= 0.3 is 6.18 Å². The van der Waals surface area contributed by atoms with Gasteiger partial charge < -0.3 is 14.9 Å². The molecule has 2 saturated heterocycles. The molecule has 0 saturated carbocycles. The van der Waals surface area contributed by atoms with Crippen LogP contribution in [0.3, 0.4) is 0 Å². The van der Waals surface area contributed by atoms with E-state index in [4.69, 9.17) is 5.26 Å². The molecule has 1 aromatic heterocycles. The van der Waals surface area contributed by atoms with Crippen molar-refractivity contribution in [1.29, 1.82) is 5.26 Å². The highest BCUT2D eigenvalue weighted by molar-refractivity contribution is 7.12. The molecule has 2 atom stereocenters. The molecule has 1 amide bonds. The van der Waals surface area contributed by atoms with Gasteiger partial charge in [0.2, 0.25) is 0 Å².